The first-order chi connectivity index (χ1) is 30.6. The Labute approximate surface area is 368 Å². The van der Waals surface area contributed by atoms with Crippen LogP contribution in [0.3, 0.4) is 0 Å². The number of nitrogens with zero attached hydrogens (tertiary/aromatic N) is 6. The van der Waals surface area contributed by atoms with E-state index in [9.17, 15) is 39.6 Å². The first-order valence-corrected chi connectivity index (χ1v) is 21.9. The number of likely N-dealkylation sites (N-methyl/N-ethyl adjacent to an activating group) is 1. The van der Waals surface area contributed by atoms with Gasteiger partial charge in [0.25, 0.3) is 27.9 Å². The number of carbonyl (C=O) groups excluding carboxylic acids is 1. The smallest absolute Gasteiger partial charge is 0.293 e. The van der Waals surface area contributed by atoms with E-state index in [1.165, 1.54) is 42.4 Å². The van der Waals surface area contributed by atoms with Crippen LogP contribution in [-0.4, -0.2) is 71.0 Å². The summed E-state index contributed by atoms with van der Waals surface area (Å²) in [5.74, 6) is -13.1. The highest BCUT2D eigenvalue weighted by atomic mass is 35.5. The standard InChI is InChI=1S/C42H33ClF8N8O5S/c1-57-35-30(7-6-25(43)33(35)39(55-57)56-65(3,62)63)59-40(53-28-13-18(4-5-22(28)41(59)61)19-11-26(46)36(64-2)27(47)12-19)29(10-17-8-20(44)14-21(45)9-17)52-31(60)16-58-37-32(34(54-58)38(48)49)23-15-24(23)42(37,50)51/h4-9,11-14,23-24,29,33,35,38H,10,15-16H2,1-3H3,(H,52,60)(H,55,56)/t23-,24+,29-,33?,35?/m0/s1. The maximum absolute atomic E-state index is 15.5. The average molecular weight is 949 g/mol. The maximum Gasteiger partial charge on any atom is 0.293 e. The number of fused-ring (bicyclic) bond motifs is 5. The molecule has 5 aromatic rings. The Morgan fingerprint density at radius 1 is 1.05 bits per heavy atom. The number of carbonyl (C=O) groups is 1. The molecule has 2 N–H and O–H groups in total. The van der Waals surface area contributed by atoms with Crippen LogP contribution in [0.4, 0.5) is 35.1 Å². The molecule has 2 aromatic heterocycles. The van der Waals surface area contributed by atoms with E-state index >= 15 is 13.6 Å². The number of halogens is 9. The molecule has 1 amide bonds. The van der Waals surface area contributed by atoms with E-state index in [1.54, 1.807) is 0 Å². The molecule has 4 aliphatic rings. The van der Waals surface area contributed by atoms with E-state index in [4.69, 9.17) is 21.3 Å². The van der Waals surface area contributed by atoms with Gasteiger partial charge in [-0.3, -0.25) is 18.8 Å². The number of amides is 1. The monoisotopic (exact) mass is 948 g/mol. The van der Waals surface area contributed by atoms with E-state index in [1.807, 2.05) is 0 Å². The van der Waals surface area contributed by atoms with Gasteiger partial charge in [-0.05, 0) is 77.6 Å². The van der Waals surface area contributed by atoms with Crippen molar-refractivity contribution in [2.75, 3.05) is 20.4 Å². The van der Waals surface area contributed by atoms with Gasteiger partial charge in [-0.2, -0.15) is 13.9 Å². The van der Waals surface area contributed by atoms with Gasteiger partial charge in [-0.15, -0.1) is 4.40 Å². The zero-order valence-corrected chi connectivity index (χ0v) is 35.5. The highest BCUT2D eigenvalue weighted by molar-refractivity contribution is 7.89. The molecule has 1 aliphatic heterocycles. The molecule has 2 unspecified atom stereocenters. The summed E-state index contributed by atoms with van der Waals surface area (Å²) in [6.07, 6.45) is -0.195. The molecule has 340 valence electrons. The highest BCUT2D eigenvalue weighted by Crippen LogP contribution is 2.68. The van der Waals surface area contributed by atoms with Gasteiger partial charge >= 0.3 is 0 Å². The van der Waals surface area contributed by atoms with Crippen molar-refractivity contribution in [3.05, 3.63) is 128 Å². The fourth-order valence-corrected chi connectivity index (χ4v) is 9.88. The zero-order chi connectivity index (χ0) is 46.6. The van der Waals surface area contributed by atoms with Gasteiger partial charge < -0.3 is 15.5 Å². The van der Waals surface area contributed by atoms with E-state index in [-0.39, 0.29) is 62.0 Å². The summed E-state index contributed by atoms with van der Waals surface area (Å²) in [6.45, 7) is -1.04. The molecule has 0 spiro atoms. The molecule has 0 bridgehead atoms. The summed E-state index contributed by atoms with van der Waals surface area (Å²) in [5.41, 5.74) is -0.0679. The number of aromatic nitrogens is 4. The lowest BCUT2D eigenvalue weighted by Crippen LogP contribution is -2.43. The largest absolute Gasteiger partial charge is 0.491 e. The molecule has 5 atom stereocenters. The summed E-state index contributed by atoms with van der Waals surface area (Å²) in [5, 5.41) is 7.72. The second kappa shape index (κ2) is 15.8. The van der Waals surface area contributed by atoms with Crippen LogP contribution in [0.25, 0.3) is 27.7 Å². The Bertz CT molecular complexity index is 3100. The molecular formula is C42H33ClF8N8O5S. The summed E-state index contributed by atoms with van der Waals surface area (Å²) < 4.78 is 154. The molecule has 3 aromatic carbocycles. The van der Waals surface area contributed by atoms with Crippen LogP contribution in [0.15, 0.2) is 74.9 Å². The number of alkyl halides is 4. The Hall–Kier alpha value is -6.13. The number of hydrazine groups is 1. The minimum absolute atomic E-state index is 0.00589. The van der Waals surface area contributed by atoms with Crippen molar-refractivity contribution < 1.29 is 53.1 Å². The number of hydrogen-bond donors (Lipinski definition) is 2. The normalized spacial score (nSPS) is 22.0. The first kappa shape index (κ1) is 44.1. The number of hydrogen-bond acceptors (Lipinski definition) is 8. The van der Waals surface area contributed by atoms with E-state index in [0.29, 0.717) is 10.7 Å². The molecule has 9 rings (SSSR count). The SMILES string of the molecule is COc1c(F)cc(-c2ccc3c(=O)n(C4=CC=C(Cl)C5C(=NS(C)(=O)=O)NN(C)C45)c([C@H](Cc4cc(F)cc(F)c4)NC(=O)Cn4nc(C(F)F)c5c4C(F)(F)[C@@H]4C[C@H]54)nc3c2)cc1F. The van der Waals surface area contributed by atoms with Gasteiger partial charge in [0.2, 0.25) is 5.91 Å². The van der Waals surface area contributed by atoms with Crippen molar-refractivity contribution >= 4 is 50.0 Å². The van der Waals surface area contributed by atoms with Crippen LogP contribution in [0, 0.1) is 35.1 Å². The summed E-state index contributed by atoms with van der Waals surface area (Å²) in [7, 11) is -1.45. The van der Waals surface area contributed by atoms with Crippen molar-refractivity contribution in [1.29, 1.82) is 0 Å². The lowest BCUT2D eigenvalue weighted by molar-refractivity contribution is -0.123. The zero-order valence-electron chi connectivity index (χ0n) is 33.9. The number of benzene rings is 3. The van der Waals surface area contributed by atoms with Crippen molar-refractivity contribution in [3.63, 3.8) is 0 Å². The molecule has 65 heavy (non-hydrogen) atoms. The van der Waals surface area contributed by atoms with Gasteiger partial charge in [-0.25, -0.2) is 44.8 Å². The van der Waals surface area contributed by atoms with Crippen molar-refractivity contribution in [2.45, 2.75) is 49.7 Å². The fraction of sp³-hybridized carbons (Fsp3) is 0.310. The van der Waals surface area contributed by atoms with Gasteiger partial charge in [0.05, 0.1) is 42.3 Å². The molecule has 3 heterocycles. The van der Waals surface area contributed by atoms with Crippen LogP contribution < -0.4 is 21.0 Å². The summed E-state index contributed by atoms with van der Waals surface area (Å²) in [6, 6.07) is 5.76. The van der Waals surface area contributed by atoms with Crippen LogP contribution >= 0.6 is 11.6 Å². The second-order valence-corrected chi connectivity index (χ2v) is 18.2. The number of sulfonamides is 1. The van der Waals surface area contributed by atoms with E-state index < -0.39 is 117 Å². The van der Waals surface area contributed by atoms with Gasteiger partial charge in [0.1, 0.15) is 41.2 Å². The molecule has 23 heteroatoms. The molecule has 1 saturated heterocycles. The summed E-state index contributed by atoms with van der Waals surface area (Å²) >= 11 is 6.66. The molecule has 0 radical (unpaired) electrons. The van der Waals surface area contributed by atoms with Crippen LogP contribution in [0.5, 0.6) is 5.75 Å². The van der Waals surface area contributed by atoms with Gasteiger partial charge in [0.15, 0.2) is 17.4 Å². The number of nitrogens with one attached hydrogen (secondary N) is 2. The van der Waals surface area contributed by atoms with E-state index in [0.717, 1.165) is 42.2 Å². The van der Waals surface area contributed by atoms with Crippen LogP contribution in [-0.2, 0) is 33.7 Å². The third kappa shape index (κ3) is 7.73. The minimum Gasteiger partial charge on any atom is -0.491 e. The predicted octanol–water partition coefficient (Wildman–Crippen LogP) is 6.84. The van der Waals surface area contributed by atoms with Crippen molar-refractivity contribution in [3.8, 4) is 16.9 Å². The van der Waals surface area contributed by atoms with Gasteiger partial charge in [-0.1, -0.05) is 17.7 Å². The quantitative estimate of drug-likeness (QED) is 0.136. The van der Waals surface area contributed by atoms with Crippen LogP contribution in [0.1, 0.15) is 53.1 Å². The highest BCUT2D eigenvalue weighted by Gasteiger charge is 2.67. The topological polar surface area (TPSA) is 153 Å². The number of allylic oxidation sites excluding steroid dienone is 2. The number of rotatable bonds is 11. The molecule has 1 saturated carbocycles. The third-order valence-electron chi connectivity index (χ3n) is 11.8. The Morgan fingerprint density at radius 3 is 2.38 bits per heavy atom. The molecule has 13 nitrogen and oxygen atoms in total. The third-order valence-corrected chi connectivity index (χ3v) is 12.6. The lowest BCUT2D eigenvalue weighted by atomic mass is 9.91. The first-order valence-electron chi connectivity index (χ1n) is 19.6. The molecular weight excluding hydrogens is 916 g/mol. The number of methoxy groups -OCH3 is 1. The summed E-state index contributed by atoms with van der Waals surface area (Å²) in [4.78, 5) is 34.0. The second-order valence-electron chi connectivity index (χ2n) is 16.1. The fourth-order valence-electron chi connectivity index (χ4n) is 9.09. The predicted molar refractivity (Wildman–Crippen MR) is 219 cm³/mol. The Balaban J connectivity index is 1.23. The van der Waals surface area contributed by atoms with Crippen molar-refractivity contribution in [1.82, 2.24) is 35.1 Å². The Morgan fingerprint density at radius 2 is 1.74 bits per heavy atom. The van der Waals surface area contributed by atoms with Crippen molar-refractivity contribution in [2.24, 2.45) is 16.2 Å². The Kier molecular flexibility index (Phi) is 10.7. The number of ether oxygens (including phenoxy) is 1. The van der Waals surface area contributed by atoms with Crippen LogP contribution in [0.2, 0.25) is 0 Å². The van der Waals surface area contributed by atoms with Gasteiger partial charge in [0, 0.05) is 41.7 Å². The molecule has 2 fully saturated rings. The lowest BCUT2D eigenvalue weighted by Gasteiger charge is -2.31. The van der Waals surface area contributed by atoms with E-state index in [2.05, 4.69) is 20.2 Å². The maximum atomic E-state index is 15.5. The minimum atomic E-state index is -4.02. The average Bonchev–Trinajstić information content (AvgIpc) is 3.75. The number of amidine groups is 1. The molecule has 3 aliphatic carbocycles.